The number of ketones is 2. The number of nitrogens with two attached hydrogens (primary N) is 3. The second-order valence-electron chi connectivity index (χ2n) is 7.80. The summed E-state index contributed by atoms with van der Waals surface area (Å²) in [5.74, 6) is -2.01. The SMILES string of the molecule is Nc1cc(S(=O)(=O)O)c(-c2c(N)c(S(=O)(=O)O)c(N)c3c2C(=O)c2ccccc2C3=O)cc1S(=O)(=O)O. The Morgan fingerprint density at radius 3 is 1.49 bits per heavy atom. The van der Waals surface area contributed by atoms with E-state index in [0.29, 0.717) is 12.1 Å². The molecule has 0 heterocycles. The molecule has 0 saturated heterocycles. The van der Waals surface area contributed by atoms with Gasteiger partial charge < -0.3 is 17.2 Å². The van der Waals surface area contributed by atoms with Gasteiger partial charge in [0, 0.05) is 27.8 Å². The number of rotatable bonds is 4. The van der Waals surface area contributed by atoms with Gasteiger partial charge in [-0.15, -0.1) is 0 Å². The molecule has 1 aliphatic carbocycles. The maximum atomic E-state index is 13.5. The molecular weight excluding hydrogens is 554 g/mol. The lowest BCUT2D eigenvalue weighted by atomic mass is 9.79. The van der Waals surface area contributed by atoms with Crippen molar-refractivity contribution in [3.63, 3.8) is 0 Å². The van der Waals surface area contributed by atoms with Crippen molar-refractivity contribution in [2.75, 3.05) is 17.2 Å². The van der Waals surface area contributed by atoms with Gasteiger partial charge in [-0.25, -0.2) is 0 Å². The van der Waals surface area contributed by atoms with E-state index in [-0.39, 0.29) is 11.1 Å². The van der Waals surface area contributed by atoms with Crippen molar-refractivity contribution < 1.29 is 48.5 Å². The van der Waals surface area contributed by atoms with Crippen LogP contribution in [0.3, 0.4) is 0 Å². The summed E-state index contributed by atoms with van der Waals surface area (Å²) in [5.41, 5.74) is 10.7. The molecule has 14 nitrogen and oxygen atoms in total. The number of hydrogen-bond acceptors (Lipinski definition) is 11. The van der Waals surface area contributed by atoms with Crippen LogP contribution in [0.15, 0.2) is 51.1 Å². The van der Waals surface area contributed by atoms with E-state index in [2.05, 4.69) is 0 Å². The topological polar surface area (TPSA) is 275 Å². The summed E-state index contributed by atoms with van der Waals surface area (Å²) in [6.07, 6.45) is 0. The lowest BCUT2D eigenvalue weighted by Gasteiger charge is -2.26. The van der Waals surface area contributed by atoms with Gasteiger partial charge >= 0.3 is 0 Å². The fourth-order valence-electron chi connectivity index (χ4n) is 4.14. The minimum Gasteiger partial charge on any atom is -0.398 e. The molecule has 0 radical (unpaired) electrons. The van der Waals surface area contributed by atoms with Crippen LogP contribution in [-0.4, -0.2) is 50.5 Å². The zero-order chi connectivity index (χ0) is 27.8. The van der Waals surface area contributed by atoms with E-state index in [1.807, 2.05) is 0 Å². The minimum absolute atomic E-state index is 0.213. The Balaban J connectivity index is 2.35. The van der Waals surface area contributed by atoms with Crippen LogP contribution in [0.2, 0.25) is 0 Å². The fraction of sp³-hybridized carbons (Fsp3) is 0. The van der Waals surface area contributed by atoms with Crippen LogP contribution in [0.25, 0.3) is 11.1 Å². The van der Waals surface area contributed by atoms with Crippen LogP contribution in [0.4, 0.5) is 17.1 Å². The van der Waals surface area contributed by atoms with Crippen molar-refractivity contribution in [3.8, 4) is 11.1 Å². The summed E-state index contributed by atoms with van der Waals surface area (Å²) < 4.78 is 102. The predicted octanol–water partition coefficient (Wildman–Crippen LogP) is 0.616. The predicted molar refractivity (Wildman–Crippen MR) is 128 cm³/mol. The van der Waals surface area contributed by atoms with Crippen LogP contribution in [0.1, 0.15) is 31.8 Å². The fourth-order valence-corrected chi connectivity index (χ4v) is 6.24. The molecule has 0 saturated carbocycles. The molecule has 0 fully saturated rings. The van der Waals surface area contributed by atoms with Gasteiger partial charge in [-0.3, -0.25) is 23.2 Å². The zero-order valence-electron chi connectivity index (χ0n) is 18.0. The second-order valence-corrected chi connectivity index (χ2v) is 11.9. The molecule has 0 bridgehead atoms. The Labute approximate surface area is 208 Å². The molecule has 0 amide bonds. The first-order valence-corrected chi connectivity index (χ1v) is 14.0. The molecule has 0 aliphatic heterocycles. The molecular formula is C20H15N3O11S3. The van der Waals surface area contributed by atoms with Gasteiger partial charge in [0.05, 0.1) is 22.6 Å². The van der Waals surface area contributed by atoms with Crippen LogP contribution in [0, 0.1) is 0 Å². The van der Waals surface area contributed by atoms with Crippen molar-refractivity contribution in [2.45, 2.75) is 14.7 Å². The van der Waals surface area contributed by atoms with Gasteiger partial charge in [-0.1, -0.05) is 24.3 Å². The van der Waals surface area contributed by atoms with E-state index < -0.39 is 95.9 Å². The minimum atomic E-state index is -5.36. The molecule has 0 spiro atoms. The number of hydrogen-bond donors (Lipinski definition) is 6. The first-order valence-electron chi connectivity index (χ1n) is 9.67. The van der Waals surface area contributed by atoms with Gasteiger partial charge in [-0.05, 0) is 12.1 Å². The number of carbonyl (C=O) groups excluding carboxylic acids is 2. The molecule has 1 aliphatic rings. The molecule has 0 unspecified atom stereocenters. The van der Waals surface area contributed by atoms with E-state index >= 15 is 0 Å². The summed E-state index contributed by atoms with van der Waals surface area (Å²) in [6, 6.07) is 6.04. The average molecular weight is 570 g/mol. The number of anilines is 3. The summed E-state index contributed by atoms with van der Waals surface area (Å²) in [5, 5.41) is 0. The molecule has 3 aromatic carbocycles. The Kier molecular flexibility index (Phi) is 5.71. The van der Waals surface area contributed by atoms with Crippen molar-refractivity contribution in [1.29, 1.82) is 0 Å². The van der Waals surface area contributed by atoms with Gasteiger partial charge in [0.1, 0.15) is 14.7 Å². The summed E-state index contributed by atoms with van der Waals surface area (Å²) in [7, 11) is -15.8. The molecule has 4 rings (SSSR count). The number of fused-ring (bicyclic) bond motifs is 2. The third-order valence-corrected chi connectivity index (χ3v) is 8.35. The standard InChI is InChI=1S/C20H15N3O11S3/c21-10-6-11(35(26,27)28)9(5-12(10)36(29,30)31)13-14-15(17(23)20(16(13)22)37(32,33)34)19(25)8-4-2-1-3-7(8)18(14)24/h1-6H,21-23H2,(H,26,27,28)(H,29,30,31)(H,32,33,34). The van der Waals surface area contributed by atoms with Gasteiger partial charge in [0.15, 0.2) is 11.6 Å². The number of benzene rings is 3. The Bertz CT molecular complexity index is 1910. The first-order chi connectivity index (χ1) is 16.9. The lowest BCUT2D eigenvalue weighted by molar-refractivity contribution is 0.0980. The van der Waals surface area contributed by atoms with Crippen LogP contribution in [-0.2, 0) is 30.4 Å². The van der Waals surface area contributed by atoms with Crippen molar-refractivity contribution in [2.24, 2.45) is 0 Å². The zero-order valence-corrected chi connectivity index (χ0v) is 20.5. The average Bonchev–Trinajstić information content (AvgIpc) is 2.75. The van der Waals surface area contributed by atoms with Gasteiger partial charge in [0.2, 0.25) is 0 Å². The second kappa shape index (κ2) is 8.07. The number of carbonyl (C=O) groups is 2. The largest absolute Gasteiger partial charge is 0.398 e. The van der Waals surface area contributed by atoms with E-state index in [0.717, 1.165) is 0 Å². The van der Waals surface area contributed by atoms with E-state index in [1.54, 1.807) is 0 Å². The molecule has 9 N–H and O–H groups in total. The van der Waals surface area contributed by atoms with Crippen molar-refractivity contribution >= 4 is 59.0 Å². The molecule has 194 valence electrons. The van der Waals surface area contributed by atoms with E-state index in [1.165, 1.54) is 24.3 Å². The van der Waals surface area contributed by atoms with Crippen molar-refractivity contribution in [3.05, 3.63) is 58.7 Å². The third-order valence-electron chi connectivity index (χ3n) is 5.59. The first kappa shape index (κ1) is 26.2. The molecule has 17 heteroatoms. The molecule has 0 aromatic heterocycles. The Hall–Kier alpha value is -3.87. The van der Waals surface area contributed by atoms with E-state index in [4.69, 9.17) is 17.2 Å². The highest BCUT2D eigenvalue weighted by Crippen LogP contribution is 2.47. The Morgan fingerprint density at radius 1 is 0.568 bits per heavy atom. The maximum absolute atomic E-state index is 13.5. The highest BCUT2D eigenvalue weighted by atomic mass is 32.2. The molecule has 37 heavy (non-hydrogen) atoms. The highest BCUT2D eigenvalue weighted by molar-refractivity contribution is 7.86. The van der Waals surface area contributed by atoms with Crippen LogP contribution >= 0.6 is 0 Å². The number of nitrogen functional groups attached to an aromatic ring is 3. The Morgan fingerprint density at radius 2 is 1.03 bits per heavy atom. The molecule has 3 aromatic rings. The van der Waals surface area contributed by atoms with E-state index in [9.17, 15) is 48.5 Å². The van der Waals surface area contributed by atoms with Crippen LogP contribution < -0.4 is 17.2 Å². The quantitative estimate of drug-likeness (QED) is 0.145. The smallest absolute Gasteiger partial charge is 0.298 e. The maximum Gasteiger partial charge on any atom is 0.298 e. The van der Waals surface area contributed by atoms with Gasteiger partial charge in [-0.2, -0.15) is 25.3 Å². The van der Waals surface area contributed by atoms with Gasteiger partial charge in [0.25, 0.3) is 30.4 Å². The van der Waals surface area contributed by atoms with Crippen molar-refractivity contribution in [1.82, 2.24) is 0 Å². The lowest BCUT2D eigenvalue weighted by Crippen LogP contribution is -2.26. The third kappa shape index (κ3) is 4.02. The monoisotopic (exact) mass is 569 g/mol. The summed E-state index contributed by atoms with van der Waals surface area (Å²) in [4.78, 5) is 23.3. The molecule has 0 atom stereocenters. The normalized spacial score (nSPS) is 13.8. The summed E-state index contributed by atoms with van der Waals surface area (Å²) in [6.45, 7) is 0. The summed E-state index contributed by atoms with van der Waals surface area (Å²) >= 11 is 0. The highest BCUT2D eigenvalue weighted by Gasteiger charge is 2.40. The van der Waals surface area contributed by atoms with Crippen LogP contribution in [0.5, 0.6) is 0 Å².